The molecule has 0 radical (unpaired) electrons. The Morgan fingerprint density at radius 2 is 1.35 bits per heavy atom. The molecule has 0 bridgehead atoms. The Balaban J connectivity index is 2.29. The highest BCUT2D eigenvalue weighted by Crippen LogP contribution is 2.46. The van der Waals surface area contributed by atoms with Crippen LogP contribution in [0.1, 0.15) is 0 Å². The van der Waals surface area contributed by atoms with Gasteiger partial charge < -0.3 is 9.80 Å². The van der Waals surface area contributed by atoms with Crippen molar-refractivity contribution in [2.24, 2.45) is 0 Å². The zero-order valence-electron chi connectivity index (χ0n) is 9.81. The molecule has 3 heteroatoms. The SMILES string of the molecule is CN1c2ccccc2N(C)c2c(F)cccc21. The summed E-state index contributed by atoms with van der Waals surface area (Å²) in [7, 11) is 3.86. The molecule has 2 aromatic carbocycles. The first-order chi connectivity index (χ1) is 8.20. The van der Waals surface area contributed by atoms with Crippen LogP contribution >= 0.6 is 0 Å². The van der Waals surface area contributed by atoms with E-state index >= 15 is 0 Å². The molecule has 0 fully saturated rings. The fraction of sp³-hybridized carbons (Fsp3) is 0.143. The average Bonchev–Trinajstić information content (AvgIpc) is 2.36. The summed E-state index contributed by atoms with van der Waals surface area (Å²) in [6.07, 6.45) is 0. The first-order valence-electron chi connectivity index (χ1n) is 5.55. The quantitative estimate of drug-likeness (QED) is 0.678. The van der Waals surface area contributed by atoms with E-state index in [-0.39, 0.29) is 5.82 Å². The number of benzene rings is 2. The molecule has 1 heterocycles. The normalized spacial score (nSPS) is 13.4. The van der Waals surface area contributed by atoms with Crippen LogP contribution in [0.3, 0.4) is 0 Å². The van der Waals surface area contributed by atoms with E-state index in [0.29, 0.717) is 5.69 Å². The lowest BCUT2D eigenvalue weighted by molar-refractivity contribution is 0.627. The van der Waals surface area contributed by atoms with E-state index < -0.39 is 0 Å². The fourth-order valence-corrected chi connectivity index (χ4v) is 2.39. The minimum absolute atomic E-state index is 0.189. The lowest BCUT2D eigenvalue weighted by Gasteiger charge is -2.36. The van der Waals surface area contributed by atoms with Gasteiger partial charge in [-0.1, -0.05) is 18.2 Å². The van der Waals surface area contributed by atoms with Crippen LogP contribution in [-0.2, 0) is 0 Å². The lowest BCUT2D eigenvalue weighted by atomic mass is 10.1. The van der Waals surface area contributed by atoms with Gasteiger partial charge in [-0.3, -0.25) is 0 Å². The monoisotopic (exact) mass is 228 g/mol. The fourth-order valence-electron chi connectivity index (χ4n) is 2.39. The van der Waals surface area contributed by atoms with Gasteiger partial charge in [-0.05, 0) is 24.3 Å². The molecule has 0 aromatic heterocycles. The standard InChI is InChI=1S/C14H13FN2/c1-16-11-7-3-4-8-12(11)17(2)14-10(15)6-5-9-13(14)16/h3-9H,1-2H3. The molecule has 0 amide bonds. The van der Waals surface area contributed by atoms with E-state index in [0.717, 1.165) is 17.1 Å². The molecule has 0 aliphatic carbocycles. The summed E-state index contributed by atoms with van der Waals surface area (Å²) in [4.78, 5) is 3.92. The zero-order valence-corrected chi connectivity index (χ0v) is 9.81. The maximum absolute atomic E-state index is 13.9. The molecule has 1 aliphatic rings. The summed E-state index contributed by atoms with van der Waals surface area (Å²) in [6.45, 7) is 0. The van der Waals surface area contributed by atoms with Crippen LogP contribution in [0.15, 0.2) is 42.5 Å². The second-order valence-corrected chi connectivity index (χ2v) is 4.21. The van der Waals surface area contributed by atoms with E-state index in [1.165, 1.54) is 6.07 Å². The topological polar surface area (TPSA) is 6.48 Å². The molecule has 86 valence electrons. The Labute approximate surface area is 99.9 Å². The van der Waals surface area contributed by atoms with Crippen molar-refractivity contribution >= 4 is 22.7 Å². The van der Waals surface area contributed by atoms with Crippen LogP contribution in [0.25, 0.3) is 0 Å². The highest BCUT2D eigenvalue weighted by atomic mass is 19.1. The predicted molar refractivity (Wildman–Crippen MR) is 69.0 cm³/mol. The van der Waals surface area contributed by atoms with Gasteiger partial charge >= 0.3 is 0 Å². The Kier molecular flexibility index (Phi) is 2.08. The van der Waals surface area contributed by atoms with Crippen molar-refractivity contribution in [1.82, 2.24) is 0 Å². The van der Waals surface area contributed by atoms with Crippen LogP contribution in [0.2, 0.25) is 0 Å². The molecule has 0 N–H and O–H groups in total. The van der Waals surface area contributed by atoms with Crippen molar-refractivity contribution in [3.63, 3.8) is 0 Å². The number of para-hydroxylation sites is 3. The van der Waals surface area contributed by atoms with E-state index in [2.05, 4.69) is 0 Å². The molecule has 2 aromatic rings. The summed E-state index contributed by atoms with van der Waals surface area (Å²) < 4.78 is 13.9. The summed E-state index contributed by atoms with van der Waals surface area (Å²) in [6, 6.07) is 13.2. The Morgan fingerprint density at radius 3 is 2.06 bits per heavy atom. The second kappa shape index (κ2) is 3.48. The van der Waals surface area contributed by atoms with Gasteiger partial charge in [0.25, 0.3) is 0 Å². The summed E-state index contributed by atoms with van der Waals surface area (Å²) >= 11 is 0. The van der Waals surface area contributed by atoms with Gasteiger partial charge in [0.15, 0.2) is 0 Å². The highest BCUT2D eigenvalue weighted by Gasteiger charge is 2.25. The smallest absolute Gasteiger partial charge is 0.148 e. The number of fused-ring (bicyclic) bond motifs is 2. The third kappa shape index (κ3) is 1.32. The number of anilines is 4. The Bertz CT molecular complexity index is 580. The van der Waals surface area contributed by atoms with E-state index in [1.54, 1.807) is 6.07 Å². The third-order valence-electron chi connectivity index (χ3n) is 3.27. The number of halogens is 1. The number of hydrogen-bond acceptors (Lipinski definition) is 2. The van der Waals surface area contributed by atoms with Gasteiger partial charge in [0.05, 0.1) is 17.1 Å². The van der Waals surface area contributed by atoms with Gasteiger partial charge in [0, 0.05) is 14.1 Å². The summed E-state index contributed by atoms with van der Waals surface area (Å²) in [5.41, 5.74) is 3.64. The van der Waals surface area contributed by atoms with E-state index in [4.69, 9.17) is 0 Å². The summed E-state index contributed by atoms with van der Waals surface area (Å²) in [5.74, 6) is -0.189. The third-order valence-corrected chi connectivity index (χ3v) is 3.27. The van der Waals surface area contributed by atoms with Crippen LogP contribution in [0.5, 0.6) is 0 Å². The molecule has 0 atom stereocenters. The first-order valence-corrected chi connectivity index (χ1v) is 5.55. The van der Waals surface area contributed by atoms with Crippen LogP contribution < -0.4 is 9.80 Å². The maximum atomic E-state index is 13.9. The van der Waals surface area contributed by atoms with Crippen LogP contribution in [0.4, 0.5) is 27.1 Å². The molecular formula is C14H13FN2. The van der Waals surface area contributed by atoms with Crippen molar-refractivity contribution in [1.29, 1.82) is 0 Å². The van der Waals surface area contributed by atoms with Gasteiger partial charge in [-0.2, -0.15) is 0 Å². The summed E-state index contributed by atoms with van der Waals surface area (Å²) in [5, 5.41) is 0. The highest BCUT2D eigenvalue weighted by molar-refractivity contribution is 5.92. The average molecular weight is 228 g/mol. The number of hydrogen-bond donors (Lipinski definition) is 0. The molecule has 0 saturated carbocycles. The first kappa shape index (κ1) is 10.1. The molecule has 3 rings (SSSR count). The van der Waals surface area contributed by atoms with Gasteiger partial charge in [0.1, 0.15) is 11.5 Å². The largest absolute Gasteiger partial charge is 0.341 e. The number of nitrogens with zero attached hydrogens (tertiary/aromatic N) is 2. The zero-order chi connectivity index (χ0) is 12.0. The molecule has 0 saturated heterocycles. The van der Waals surface area contributed by atoms with Crippen molar-refractivity contribution in [2.75, 3.05) is 23.9 Å². The van der Waals surface area contributed by atoms with E-state index in [1.807, 2.05) is 54.2 Å². The minimum Gasteiger partial charge on any atom is -0.341 e. The van der Waals surface area contributed by atoms with Gasteiger partial charge in [-0.15, -0.1) is 0 Å². The molecular weight excluding hydrogens is 215 g/mol. The predicted octanol–water partition coefficient (Wildman–Crippen LogP) is 3.67. The van der Waals surface area contributed by atoms with Gasteiger partial charge in [-0.25, -0.2) is 4.39 Å². The van der Waals surface area contributed by atoms with Crippen LogP contribution in [0, 0.1) is 5.82 Å². The Hall–Kier alpha value is -2.03. The number of rotatable bonds is 0. The molecule has 1 aliphatic heterocycles. The molecule has 2 nitrogen and oxygen atoms in total. The lowest BCUT2D eigenvalue weighted by Crippen LogP contribution is -2.25. The van der Waals surface area contributed by atoms with Crippen molar-refractivity contribution < 1.29 is 4.39 Å². The molecule has 17 heavy (non-hydrogen) atoms. The van der Waals surface area contributed by atoms with Gasteiger partial charge in [0.2, 0.25) is 0 Å². The van der Waals surface area contributed by atoms with Crippen LogP contribution in [-0.4, -0.2) is 14.1 Å². The Morgan fingerprint density at radius 1 is 0.765 bits per heavy atom. The maximum Gasteiger partial charge on any atom is 0.148 e. The molecule has 0 unspecified atom stereocenters. The minimum atomic E-state index is -0.189. The second-order valence-electron chi connectivity index (χ2n) is 4.21. The van der Waals surface area contributed by atoms with Crippen molar-refractivity contribution in [2.45, 2.75) is 0 Å². The van der Waals surface area contributed by atoms with Crippen molar-refractivity contribution in [3.05, 3.63) is 48.3 Å². The van der Waals surface area contributed by atoms with E-state index in [9.17, 15) is 4.39 Å². The molecule has 0 spiro atoms. The van der Waals surface area contributed by atoms with Crippen molar-refractivity contribution in [3.8, 4) is 0 Å².